The molecule has 3 nitrogen and oxygen atoms in total. The number of aliphatic hydroxyl groups is 2. The third-order valence-corrected chi connectivity index (χ3v) is 9.90. The van der Waals surface area contributed by atoms with Crippen molar-refractivity contribution in [2.24, 2.45) is 5.92 Å². The fourth-order valence-electron chi connectivity index (χ4n) is 3.45. The topological polar surface area (TPSA) is 49.7 Å². The van der Waals surface area contributed by atoms with Crippen molar-refractivity contribution in [3.05, 3.63) is 73.3 Å². The molecule has 2 atom stereocenters. The van der Waals surface area contributed by atoms with Crippen molar-refractivity contribution in [3.8, 4) is 0 Å². The second-order valence-electron chi connectivity index (χ2n) is 7.62. The van der Waals surface area contributed by atoms with Gasteiger partial charge in [-0.05, 0) is 15.4 Å². The van der Waals surface area contributed by atoms with Crippen molar-refractivity contribution in [1.29, 1.82) is 0 Å². The SMILES string of the molecule is C=C[C@H](CO[Si](c1ccccc1)(c1ccccc1)C(C)(C)C)[C@H](O)CO. The Morgan fingerprint density at radius 3 is 1.81 bits per heavy atom. The number of benzene rings is 2. The monoisotopic (exact) mass is 370 g/mol. The third-order valence-electron chi connectivity index (χ3n) is 4.89. The molecule has 0 radical (unpaired) electrons. The molecule has 0 unspecified atom stereocenters. The van der Waals surface area contributed by atoms with Crippen LogP contribution in [0.3, 0.4) is 0 Å². The summed E-state index contributed by atoms with van der Waals surface area (Å²) in [6.07, 6.45) is 0.796. The summed E-state index contributed by atoms with van der Waals surface area (Å²) in [6, 6.07) is 20.7. The van der Waals surface area contributed by atoms with Gasteiger partial charge in [0.25, 0.3) is 8.32 Å². The van der Waals surface area contributed by atoms with Crippen LogP contribution in [-0.2, 0) is 4.43 Å². The van der Waals surface area contributed by atoms with Gasteiger partial charge in [-0.2, -0.15) is 0 Å². The Bertz CT molecular complexity index is 640. The van der Waals surface area contributed by atoms with Gasteiger partial charge in [0, 0.05) is 12.5 Å². The van der Waals surface area contributed by atoms with Crippen LogP contribution in [-0.4, -0.2) is 37.8 Å². The zero-order valence-corrected chi connectivity index (χ0v) is 16.9. The largest absolute Gasteiger partial charge is 0.407 e. The quantitative estimate of drug-likeness (QED) is 0.555. The summed E-state index contributed by atoms with van der Waals surface area (Å²) in [5.41, 5.74) is 0. The Morgan fingerprint density at radius 1 is 1.00 bits per heavy atom. The van der Waals surface area contributed by atoms with E-state index in [1.807, 2.05) is 36.4 Å². The van der Waals surface area contributed by atoms with E-state index < -0.39 is 14.4 Å². The lowest BCUT2D eigenvalue weighted by Gasteiger charge is -2.43. The van der Waals surface area contributed by atoms with E-state index in [4.69, 9.17) is 4.43 Å². The van der Waals surface area contributed by atoms with Crippen molar-refractivity contribution in [3.63, 3.8) is 0 Å². The number of hydrogen-bond donors (Lipinski definition) is 2. The molecule has 0 fully saturated rings. The third kappa shape index (κ3) is 4.15. The molecule has 0 saturated heterocycles. The van der Waals surface area contributed by atoms with Gasteiger partial charge in [-0.25, -0.2) is 0 Å². The normalized spacial score (nSPS) is 14.7. The highest BCUT2D eigenvalue weighted by molar-refractivity contribution is 6.99. The highest BCUT2D eigenvalue weighted by atomic mass is 28.4. The van der Waals surface area contributed by atoms with E-state index in [9.17, 15) is 10.2 Å². The minimum absolute atomic E-state index is 0.119. The molecule has 0 aromatic heterocycles. The molecule has 4 heteroatoms. The average molecular weight is 371 g/mol. The van der Waals surface area contributed by atoms with Crippen molar-refractivity contribution < 1.29 is 14.6 Å². The van der Waals surface area contributed by atoms with E-state index in [1.54, 1.807) is 6.08 Å². The lowest BCUT2D eigenvalue weighted by molar-refractivity contribution is 0.0441. The first-order valence-corrected chi connectivity index (χ1v) is 10.9. The zero-order valence-electron chi connectivity index (χ0n) is 15.9. The fourth-order valence-corrected chi connectivity index (χ4v) is 8.05. The first-order chi connectivity index (χ1) is 12.4. The molecular formula is C22H30O3Si. The summed E-state index contributed by atoms with van der Waals surface area (Å²) >= 11 is 0. The molecule has 0 aliphatic carbocycles. The molecule has 0 aliphatic heterocycles. The van der Waals surface area contributed by atoms with E-state index in [0.29, 0.717) is 6.61 Å². The van der Waals surface area contributed by atoms with Crippen LogP contribution in [0, 0.1) is 5.92 Å². The molecule has 0 amide bonds. The Hall–Kier alpha value is -1.72. The van der Waals surface area contributed by atoms with Crippen LogP contribution in [0.1, 0.15) is 20.8 Å². The standard InChI is InChI=1S/C22H30O3Si/c1-5-18(21(24)16-23)17-25-26(22(2,3)4,19-12-8-6-9-13-19)20-14-10-7-11-15-20/h5-15,18,21,23-24H,1,16-17H2,2-4H3/t18-,21-/m1/s1. The van der Waals surface area contributed by atoms with Crippen LogP contribution in [0.5, 0.6) is 0 Å². The van der Waals surface area contributed by atoms with Crippen molar-refractivity contribution in [2.75, 3.05) is 13.2 Å². The van der Waals surface area contributed by atoms with Crippen molar-refractivity contribution in [2.45, 2.75) is 31.9 Å². The van der Waals surface area contributed by atoms with Gasteiger partial charge in [0.05, 0.1) is 12.7 Å². The molecule has 0 saturated carbocycles. The van der Waals surface area contributed by atoms with Crippen LogP contribution >= 0.6 is 0 Å². The molecule has 2 N–H and O–H groups in total. The second kappa shape index (κ2) is 8.78. The first-order valence-electron chi connectivity index (χ1n) is 9.03. The van der Waals surface area contributed by atoms with Crippen molar-refractivity contribution >= 4 is 18.7 Å². The minimum atomic E-state index is -2.63. The predicted molar refractivity (Wildman–Crippen MR) is 110 cm³/mol. The highest BCUT2D eigenvalue weighted by Crippen LogP contribution is 2.37. The van der Waals surface area contributed by atoms with Gasteiger partial charge < -0.3 is 14.6 Å². The van der Waals surface area contributed by atoms with Gasteiger partial charge >= 0.3 is 0 Å². The summed E-state index contributed by atoms with van der Waals surface area (Å²) < 4.78 is 6.74. The maximum Gasteiger partial charge on any atom is 0.261 e. The highest BCUT2D eigenvalue weighted by Gasteiger charge is 2.50. The summed E-state index contributed by atoms with van der Waals surface area (Å²) in [7, 11) is -2.63. The maximum atomic E-state index is 10.1. The van der Waals surface area contributed by atoms with E-state index in [1.165, 1.54) is 10.4 Å². The maximum absolute atomic E-state index is 10.1. The van der Waals surface area contributed by atoms with E-state index in [-0.39, 0.29) is 17.6 Å². The summed E-state index contributed by atoms with van der Waals surface area (Å²) in [5.74, 6) is -0.318. The molecule has 2 aromatic rings. The molecular weight excluding hydrogens is 340 g/mol. The average Bonchev–Trinajstić information content (AvgIpc) is 2.65. The summed E-state index contributed by atoms with van der Waals surface area (Å²) in [4.78, 5) is 0. The van der Waals surface area contributed by atoms with Crippen LogP contribution in [0.2, 0.25) is 5.04 Å². The predicted octanol–water partition coefficient (Wildman–Crippen LogP) is 2.72. The second-order valence-corrected chi connectivity index (χ2v) is 11.9. The van der Waals surface area contributed by atoms with Crippen molar-refractivity contribution in [1.82, 2.24) is 0 Å². The molecule has 0 heterocycles. The Labute approximate surface area is 158 Å². The van der Waals surface area contributed by atoms with Crippen LogP contribution in [0.4, 0.5) is 0 Å². The van der Waals surface area contributed by atoms with Gasteiger partial charge in [-0.1, -0.05) is 87.5 Å². The Kier molecular flexibility index (Phi) is 6.95. The van der Waals surface area contributed by atoms with Gasteiger partial charge in [0.2, 0.25) is 0 Å². The Balaban J connectivity index is 2.55. The van der Waals surface area contributed by atoms with Gasteiger partial charge in [-0.3, -0.25) is 0 Å². The van der Waals surface area contributed by atoms with Gasteiger partial charge in [-0.15, -0.1) is 6.58 Å². The van der Waals surface area contributed by atoms with Crippen LogP contribution in [0.15, 0.2) is 73.3 Å². The van der Waals surface area contributed by atoms with Crippen LogP contribution < -0.4 is 10.4 Å². The smallest absolute Gasteiger partial charge is 0.261 e. The van der Waals surface area contributed by atoms with E-state index >= 15 is 0 Å². The molecule has 0 bridgehead atoms. The molecule has 0 aliphatic rings. The summed E-state index contributed by atoms with van der Waals surface area (Å²) in [6.45, 7) is 10.5. The molecule has 0 spiro atoms. The number of hydrogen-bond acceptors (Lipinski definition) is 3. The first kappa shape index (κ1) is 20.6. The lowest BCUT2D eigenvalue weighted by atomic mass is 10.1. The minimum Gasteiger partial charge on any atom is -0.407 e. The molecule has 26 heavy (non-hydrogen) atoms. The van der Waals surface area contributed by atoms with Gasteiger partial charge in [0.1, 0.15) is 0 Å². The van der Waals surface area contributed by atoms with Crippen LogP contribution in [0.25, 0.3) is 0 Å². The summed E-state index contributed by atoms with van der Waals surface area (Å²) in [5, 5.41) is 21.7. The lowest BCUT2D eigenvalue weighted by Crippen LogP contribution is -2.67. The molecule has 2 aromatic carbocycles. The Morgan fingerprint density at radius 2 is 1.46 bits per heavy atom. The number of rotatable bonds is 8. The number of aliphatic hydroxyl groups excluding tert-OH is 2. The molecule has 2 rings (SSSR count). The van der Waals surface area contributed by atoms with E-state index in [2.05, 4.69) is 51.6 Å². The van der Waals surface area contributed by atoms with E-state index in [0.717, 1.165) is 0 Å². The van der Waals surface area contributed by atoms with Gasteiger partial charge in [0.15, 0.2) is 0 Å². The zero-order chi connectivity index (χ0) is 19.2. The molecule has 140 valence electrons. The fraction of sp³-hybridized carbons (Fsp3) is 0.364.